The number of nitrogens with one attached hydrogen (secondary N) is 2. The molecule has 13 heteroatoms. The van der Waals surface area contributed by atoms with Gasteiger partial charge in [-0.25, -0.2) is 9.98 Å². The number of benzene rings is 3. The molecule has 2 aromatic heterocycles. The number of hydrogen-bond donors (Lipinski definition) is 2. The van der Waals surface area contributed by atoms with Gasteiger partial charge in [-0.3, -0.25) is 9.59 Å². The lowest BCUT2D eigenvalue weighted by Crippen LogP contribution is -2.67. The molecular weight excluding hydrogens is 653 g/mol. The van der Waals surface area contributed by atoms with Crippen LogP contribution in [0.1, 0.15) is 5.56 Å². The predicted octanol–water partition coefficient (Wildman–Crippen LogP) is 3.62. The maximum Gasteiger partial charge on any atom is 0.381 e. The average molecular weight is 675 g/mol. The number of fused-ring (bicyclic) bond motifs is 3. The van der Waals surface area contributed by atoms with Crippen LogP contribution in [-0.2, 0) is 19.1 Å². The Morgan fingerprint density at radius 3 is 2.15 bits per heavy atom. The molecule has 4 aliphatic rings. The summed E-state index contributed by atoms with van der Waals surface area (Å²) in [6.07, 6.45) is 3.27. The first-order valence-electron chi connectivity index (χ1n) is 15.0. The SMILES string of the molecule is O=C1C(=O)/C(=C2/C=CC(=[NH+]c3nc4ccccc4s3)C3=C2OCCO3)C([O-])=C1c1ccc(Nc2nc3ccccc3s2)c2c1OCCO2. The van der Waals surface area contributed by atoms with E-state index in [1.165, 1.54) is 22.7 Å². The van der Waals surface area contributed by atoms with Crippen molar-refractivity contribution in [3.63, 3.8) is 0 Å². The van der Waals surface area contributed by atoms with Gasteiger partial charge in [0.2, 0.25) is 17.3 Å². The molecule has 5 aromatic rings. The minimum Gasteiger partial charge on any atom is -0.871 e. The van der Waals surface area contributed by atoms with Gasteiger partial charge in [-0.1, -0.05) is 41.4 Å². The summed E-state index contributed by atoms with van der Waals surface area (Å²) in [6, 6.07) is 18.8. The average Bonchev–Trinajstić information content (AvgIpc) is 3.78. The molecule has 0 bridgehead atoms. The zero-order valence-electron chi connectivity index (χ0n) is 24.8. The normalized spacial score (nSPS) is 19.7. The van der Waals surface area contributed by atoms with Gasteiger partial charge >= 0.3 is 5.13 Å². The Hall–Kier alpha value is -5.79. The second kappa shape index (κ2) is 11.2. The number of para-hydroxylation sites is 2. The molecule has 3 aromatic carbocycles. The fraction of sp³-hybridized carbons (Fsp3) is 0.114. The van der Waals surface area contributed by atoms with Gasteiger partial charge in [-0.2, -0.15) is 0 Å². The van der Waals surface area contributed by atoms with Crippen molar-refractivity contribution in [1.82, 2.24) is 9.97 Å². The van der Waals surface area contributed by atoms with Gasteiger partial charge < -0.3 is 29.4 Å². The van der Waals surface area contributed by atoms with Crippen molar-refractivity contribution in [3.8, 4) is 11.5 Å². The topological polar surface area (TPSA) is 146 Å². The third kappa shape index (κ3) is 4.58. The van der Waals surface area contributed by atoms with E-state index in [0.717, 1.165) is 20.4 Å². The molecule has 9 rings (SSSR count). The number of rotatable bonds is 4. The molecule has 2 aliphatic carbocycles. The van der Waals surface area contributed by atoms with E-state index in [4.69, 9.17) is 18.9 Å². The first-order valence-corrected chi connectivity index (χ1v) is 16.7. The molecule has 0 saturated heterocycles. The van der Waals surface area contributed by atoms with Gasteiger partial charge in [0.25, 0.3) is 0 Å². The summed E-state index contributed by atoms with van der Waals surface area (Å²) >= 11 is 2.95. The first kappa shape index (κ1) is 28.4. The summed E-state index contributed by atoms with van der Waals surface area (Å²) in [5, 5.41) is 18.7. The number of hydrogen-bond acceptors (Lipinski definition) is 12. The van der Waals surface area contributed by atoms with Crippen molar-refractivity contribution in [2.24, 2.45) is 0 Å². The van der Waals surface area contributed by atoms with Gasteiger partial charge in [0.05, 0.1) is 20.6 Å². The first-order chi connectivity index (χ1) is 23.5. The van der Waals surface area contributed by atoms with Gasteiger partial charge in [0, 0.05) is 22.3 Å². The van der Waals surface area contributed by atoms with E-state index in [0.29, 0.717) is 33.2 Å². The van der Waals surface area contributed by atoms with Crippen LogP contribution in [0.4, 0.5) is 16.0 Å². The molecule has 48 heavy (non-hydrogen) atoms. The number of nitrogens with zero attached hydrogens (tertiary/aromatic N) is 2. The number of aromatic nitrogens is 2. The van der Waals surface area contributed by atoms with Crippen molar-refractivity contribution in [3.05, 3.63) is 107 Å². The van der Waals surface area contributed by atoms with Crippen LogP contribution >= 0.6 is 22.7 Å². The van der Waals surface area contributed by atoms with E-state index in [2.05, 4.69) is 20.3 Å². The molecule has 0 atom stereocenters. The quantitative estimate of drug-likeness (QED) is 0.214. The monoisotopic (exact) mass is 674 g/mol. The maximum atomic E-state index is 14.1. The van der Waals surface area contributed by atoms with Crippen LogP contribution in [0.15, 0.2) is 101 Å². The lowest BCUT2D eigenvalue weighted by Gasteiger charge is -2.26. The third-order valence-electron chi connectivity index (χ3n) is 8.10. The molecule has 2 aliphatic heterocycles. The van der Waals surface area contributed by atoms with E-state index in [1.54, 1.807) is 24.3 Å². The van der Waals surface area contributed by atoms with Crippen LogP contribution in [0.3, 0.4) is 0 Å². The van der Waals surface area contributed by atoms with Crippen molar-refractivity contribution in [1.29, 1.82) is 0 Å². The molecule has 0 fully saturated rings. The number of Topliss-reactive ketones (excluding diaryl/α,β-unsaturated/α-hetero) is 2. The van der Waals surface area contributed by atoms with Crippen LogP contribution in [-0.4, -0.2) is 53.7 Å². The second-order valence-electron chi connectivity index (χ2n) is 11.0. The van der Waals surface area contributed by atoms with Crippen molar-refractivity contribution in [2.75, 3.05) is 31.7 Å². The lowest BCUT2D eigenvalue weighted by atomic mass is 9.96. The minimum atomic E-state index is -0.930. The van der Waals surface area contributed by atoms with Crippen molar-refractivity contribution < 1.29 is 38.6 Å². The highest BCUT2D eigenvalue weighted by molar-refractivity contribution is 7.22. The highest BCUT2D eigenvalue weighted by Crippen LogP contribution is 2.47. The van der Waals surface area contributed by atoms with Gasteiger partial charge in [0.15, 0.2) is 33.6 Å². The zero-order chi connectivity index (χ0) is 32.4. The molecule has 11 nitrogen and oxygen atoms in total. The number of anilines is 2. The molecule has 4 heterocycles. The number of carbonyl (C=O) groups excluding carboxylic acids is 2. The number of ketones is 2. The Bertz CT molecular complexity index is 2330. The van der Waals surface area contributed by atoms with Crippen molar-refractivity contribution in [2.45, 2.75) is 0 Å². The fourth-order valence-corrected chi connectivity index (χ4v) is 7.75. The van der Waals surface area contributed by atoms with E-state index < -0.39 is 17.3 Å². The number of allylic oxidation sites excluding steroid dienone is 4. The second-order valence-corrected chi connectivity index (χ2v) is 13.1. The number of carbonyl (C=O) groups is 2. The summed E-state index contributed by atoms with van der Waals surface area (Å²) in [4.78, 5) is 39.7. The summed E-state index contributed by atoms with van der Waals surface area (Å²) in [5.41, 5.74) is 2.59. The Morgan fingerprint density at radius 2 is 1.38 bits per heavy atom. The predicted molar refractivity (Wildman–Crippen MR) is 178 cm³/mol. The Labute approximate surface area is 279 Å². The van der Waals surface area contributed by atoms with Crippen LogP contribution in [0, 0.1) is 0 Å². The lowest BCUT2D eigenvalue weighted by molar-refractivity contribution is -0.353. The van der Waals surface area contributed by atoms with E-state index >= 15 is 0 Å². The maximum absolute atomic E-state index is 14.1. The highest BCUT2D eigenvalue weighted by Gasteiger charge is 2.40. The van der Waals surface area contributed by atoms with Crippen LogP contribution in [0.2, 0.25) is 0 Å². The van der Waals surface area contributed by atoms with Gasteiger partial charge in [-0.05, 0) is 64.9 Å². The minimum absolute atomic E-state index is 0.179. The van der Waals surface area contributed by atoms with E-state index in [9.17, 15) is 14.7 Å². The molecule has 0 unspecified atom stereocenters. The Kier molecular flexibility index (Phi) is 6.62. The van der Waals surface area contributed by atoms with Crippen LogP contribution in [0.25, 0.3) is 26.0 Å². The summed E-state index contributed by atoms with van der Waals surface area (Å²) < 4.78 is 25.9. The molecule has 0 saturated carbocycles. The van der Waals surface area contributed by atoms with Crippen LogP contribution < -0.4 is 24.9 Å². The van der Waals surface area contributed by atoms with Gasteiger partial charge in [-0.15, -0.1) is 0 Å². The summed E-state index contributed by atoms with van der Waals surface area (Å²) in [7, 11) is 0. The molecule has 0 spiro atoms. The van der Waals surface area contributed by atoms with Gasteiger partial charge in [0.1, 0.15) is 26.4 Å². The van der Waals surface area contributed by atoms with Crippen LogP contribution in [0.5, 0.6) is 11.5 Å². The molecule has 0 radical (unpaired) electrons. The molecule has 0 amide bonds. The molecule has 2 N–H and O–H groups in total. The number of ether oxygens (including phenoxy) is 4. The van der Waals surface area contributed by atoms with E-state index in [1.807, 2.05) is 48.5 Å². The number of thiazole rings is 2. The third-order valence-corrected chi connectivity index (χ3v) is 10.0. The summed E-state index contributed by atoms with van der Waals surface area (Å²) in [6.45, 7) is 0.929. The highest BCUT2D eigenvalue weighted by atomic mass is 32.1. The standard InChI is InChI=1S/C35H22N4O7S2/c40-27-25(17-9-11-21(32-30(17)43-13-15-45-32)38-34-36-19-5-1-3-7-23(19)47-34)28(41)29(42)26(27)18-10-12-22(33-31(18)44-14-16-46-33)39-35-37-20-6-2-4-8-24(20)48-35/h1-12,40H,13-16H2,(H,36,38)/b26-18-,39-22?. The zero-order valence-corrected chi connectivity index (χ0v) is 26.5. The fourth-order valence-electron chi connectivity index (χ4n) is 5.99. The molecular formula is C35H22N4O7S2. The Balaban J connectivity index is 1.12. The smallest absolute Gasteiger partial charge is 0.381 e. The summed E-state index contributed by atoms with van der Waals surface area (Å²) in [5.74, 6) is -1.53. The molecule has 236 valence electrons. The largest absolute Gasteiger partial charge is 0.871 e. The van der Waals surface area contributed by atoms with Crippen molar-refractivity contribution >= 4 is 81.9 Å². The van der Waals surface area contributed by atoms with E-state index in [-0.39, 0.29) is 60.2 Å². The Morgan fingerprint density at radius 1 is 0.708 bits per heavy atom.